The number of methoxy groups -OCH3 is 1. The molecule has 0 aliphatic heterocycles. The summed E-state index contributed by atoms with van der Waals surface area (Å²) in [5.74, 6) is -1.05. The number of ether oxygens (including phenoxy) is 2. The number of rotatable bonds is 4. The monoisotopic (exact) mass is 319 g/mol. The quantitative estimate of drug-likeness (QED) is 0.837. The molecule has 0 heterocycles. The predicted molar refractivity (Wildman–Crippen MR) is 58.7 cm³/mol. The maximum atomic E-state index is 12.4. The normalized spacial score (nSPS) is 15.5. The molecule has 21 heavy (non-hydrogen) atoms. The highest BCUT2D eigenvalue weighted by atomic mass is 19.4. The molecule has 4 nitrogen and oxygen atoms in total. The van der Waals surface area contributed by atoms with Gasteiger partial charge in [-0.1, -0.05) is 0 Å². The van der Waals surface area contributed by atoms with Crippen LogP contribution in [0.4, 0.5) is 26.3 Å². The second kappa shape index (κ2) is 5.98. The van der Waals surface area contributed by atoms with Crippen molar-refractivity contribution in [3.05, 3.63) is 23.8 Å². The van der Waals surface area contributed by atoms with Gasteiger partial charge in [0.05, 0.1) is 13.2 Å². The van der Waals surface area contributed by atoms with E-state index >= 15 is 0 Å². The molecular formula is C11H11F6NO3. The molecule has 0 radical (unpaired) electrons. The maximum absolute atomic E-state index is 12.4. The van der Waals surface area contributed by atoms with Crippen molar-refractivity contribution >= 4 is 0 Å². The highest BCUT2D eigenvalue weighted by molar-refractivity contribution is 5.43. The van der Waals surface area contributed by atoms with Gasteiger partial charge in [-0.25, -0.2) is 0 Å². The van der Waals surface area contributed by atoms with Crippen molar-refractivity contribution in [3.63, 3.8) is 0 Å². The van der Waals surface area contributed by atoms with E-state index in [2.05, 4.69) is 9.47 Å². The zero-order valence-corrected chi connectivity index (χ0v) is 10.5. The van der Waals surface area contributed by atoms with Crippen LogP contribution < -0.4 is 15.2 Å². The van der Waals surface area contributed by atoms with E-state index in [1.54, 1.807) is 0 Å². The predicted octanol–water partition coefficient (Wildman–Crippen LogP) is 2.52. The number of hydrogen-bond donors (Lipinski definition) is 2. The molecule has 1 aromatic rings. The second-order valence-corrected chi connectivity index (χ2v) is 3.96. The summed E-state index contributed by atoms with van der Waals surface area (Å²) < 4.78 is 81.5. The van der Waals surface area contributed by atoms with Crippen LogP contribution in [0.15, 0.2) is 18.2 Å². The van der Waals surface area contributed by atoms with E-state index in [9.17, 15) is 26.3 Å². The summed E-state index contributed by atoms with van der Waals surface area (Å²) in [5, 5.41) is 9.07. The molecule has 0 saturated carbocycles. The first-order valence-corrected chi connectivity index (χ1v) is 5.39. The lowest BCUT2D eigenvalue weighted by Gasteiger charge is -2.23. The zero-order valence-electron chi connectivity index (χ0n) is 10.5. The maximum Gasteiger partial charge on any atom is 0.573 e. The molecule has 1 aromatic carbocycles. The molecule has 2 atom stereocenters. The second-order valence-electron chi connectivity index (χ2n) is 3.96. The Hall–Kier alpha value is -1.68. The third-order valence-electron chi connectivity index (χ3n) is 2.47. The van der Waals surface area contributed by atoms with Crippen LogP contribution in [0.25, 0.3) is 0 Å². The molecule has 120 valence electrons. The lowest BCUT2D eigenvalue weighted by molar-refractivity contribution is -0.274. The summed E-state index contributed by atoms with van der Waals surface area (Å²) in [7, 11) is 1.03. The fourth-order valence-electron chi connectivity index (χ4n) is 1.54. The van der Waals surface area contributed by atoms with Gasteiger partial charge in [0.1, 0.15) is 11.5 Å². The van der Waals surface area contributed by atoms with Crippen LogP contribution in [0.2, 0.25) is 0 Å². The molecule has 10 heteroatoms. The first-order valence-electron chi connectivity index (χ1n) is 5.39. The minimum atomic E-state index is -4.98. The number of benzene rings is 1. The molecule has 1 rings (SSSR count). The smallest absolute Gasteiger partial charge is 0.496 e. The van der Waals surface area contributed by atoms with E-state index in [1.807, 2.05) is 0 Å². The van der Waals surface area contributed by atoms with Crippen LogP contribution in [0.5, 0.6) is 11.5 Å². The minimum absolute atomic E-state index is 0.308. The summed E-state index contributed by atoms with van der Waals surface area (Å²) >= 11 is 0. The molecule has 0 saturated heterocycles. The number of aliphatic hydroxyl groups is 1. The molecule has 0 fully saturated rings. The van der Waals surface area contributed by atoms with Crippen molar-refractivity contribution in [1.29, 1.82) is 0 Å². The molecule has 0 spiro atoms. The summed E-state index contributed by atoms with van der Waals surface area (Å²) in [5.41, 5.74) is 4.96. The first-order chi connectivity index (χ1) is 9.45. The van der Waals surface area contributed by atoms with E-state index in [0.717, 1.165) is 25.3 Å². The highest BCUT2D eigenvalue weighted by Crippen LogP contribution is 2.36. The van der Waals surface area contributed by atoms with Gasteiger partial charge in [0.15, 0.2) is 6.10 Å². The van der Waals surface area contributed by atoms with Crippen molar-refractivity contribution in [2.45, 2.75) is 24.7 Å². The minimum Gasteiger partial charge on any atom is -0.496 e. The van der Waals surface area contributed by atoms with Crippen LogP contribution in [0, 0.1) is 0 Å². The van der Waals surface area contributed by atoms with Crippen molar-refractivity contribution in [2.24, 2.45) is 5.73 Å². The molecule has 0 aliphatic rings. The molecule has 0 unspecified atom stereocenters. The molecule has 0 aliphatic carbocycles. The zero-order chi connectivity index (χ0) is 16.4. The van der Waals surface area contributed by atoms with Crippen LogP contribution in [0.1, 0.15) is 11.6 Å². The Morgan fingerprint density at radius 3 is 2.14 bits per heavy atom. The lowest BCUT2D eigenvalue weighted by atomic mass is 10.0. The highest BCUT2D eigenvalue weighted by Gasteiger charge is 2.43. The number of nitrogens with two attached hydrogens (primary N) is 1. The fourth-order valence-corrected chi connectivity index (χ4v) is 1.54. The number of aliphatic hydroxyl groups excluding tert-OH is 1. The first kappa shape index (κ1) is 17.4. The van der Waals surface area contributed by atoms with E-state index in [0.29, 0.717) is 0 Å². The van der Waals surface area contributed by atoms with Gasteiger partial charge in [-0.3, -0.25) is 0 Å². The number of hydrogen-bond acceptors (Lipinski definition) is 4. The lowest BCUT2D eigenvalue weighted by Crippen LogP contribution is -2.39. The summed E-state index contributed by atoms with van der Waals surface area (Å²) in [6, 6.07) is 0.444. The number of halogens is 6. The van der Waals surface area contributed by atoms with E-state index < -0.39 is 30.4 Å². The van der Waals surface area contributed by atoms with E-state index in [-0.39, 0.29) is 11.3 Å². The fraction of sp³-hybridized carbons (Fsp3) is 0.455. The SMILES string of the molecule is COc1cc(OC(F)(F)F)ccc1[C@H](N)[C@H](O)C(F)(F)F. The average Bonchev–Trinajstić information content (AvgIpc) is 2.33. The Morgan fingerprint density at radius 2 is 1.71 bits per heavy atom. The van der Waals surface area contributed by atoms with Gasteiger partial charge in [-0.2, -0.15) is 13.2 Å². The van der Waals surface area contributed by atoms with E-state index in [4.69, 9.17) is 10.8 Å². The average molecular weight is 319 g/mol. The molecule has 3 N–H and O–H groups in total. The summed E-state index contributed by atoms with van der Waals surface area (Å²) in [4.78, 5) is 0. The largest absolute Gasteiger partial charge is 0.573 e. The molecular weight excluding hydrogens is 308 g/mol. The van der Waals surface area contributed by atoms with Gasteiger partial charge >= 0.3 is 12.5 Å². The molecule has 0 bridgehead atoms. The van der Waals surface area contributed by atoms with Crippen LogP contribution >= 0.6 is 0 Å². The van der Waals surface area contributed by atoms with Crippen molar-refractivity contribution in [3.8, 4) is 11.5 Å². The van der Waals surface area contributed by atoms with E-state index in [1.165, 1.54) is 0 Å². The standard InChI is InChI=1S/C11H11F6NO3/c1-20-7-4-5(21-11(15,16)17)2-3-6(7)8(18)9(19)10(12,13)14/h2-4,8-9,19H,18H2,1H3/t8-,9-/m0/s1. The Kier molecular flexibility index (Phi) is 4.95. The van der Waals surface area contributed by atoms with Crippen molar-refractivity contribution < 1.29 is 40.9 Å². The third-order valence-corrected chi connectivity index (χ3v) is 2.47. The van der Waals surface area contributed by atoms with Crippen molar-refractivity contribution in [1.82, 2.24) is 0 Å². The number of alkyl halides is 6. The summed E-state index contributed by atoms with van der Waals surface area (Å²) in [6.07, 6.45) is -12.8. The van der Waals surface area contributed by atoms with Crippen LogP contribution in [0.3, 0.4) is 0 Å². The van der Waals surface area contributed by atoms with Crippen molar-refractivity contribution in [2.75, 3.05) is 7.11 Å². The van der Waals surface area contributed by atoms with Gasteiger partial charge in [0.2, 0.25) is 0 Å². The third kappa shape index (κ3) is 4.67. The Bertz CT molecular complexity index is 488. The van der Waals surface area contributed by atoms with Gasteiger partial charge in [0.25, 0.3) is 0 Å². The Balaban J connectivity index is 3.09. The van der Waals surface area contributed by atoms with Gasteiger partial charge in [-0.15, -0.1) is 13.2 Å². The topological polar surface area (TPSA) is 64.7 Å². The van der Waals surface area contributed by atoms with Gasteiger partial charge < -0.3 is 20.3 Å². The Morgan fingerprint density at radius 1 is 1.14 bits per heavy atom. The Labute approximate surface area is 115 Å². The molecule has 0 aromatic heterocycles. The van der Waals surface area contributed by atoms with Crippen LogP contribution in [-0.2, 0) is 0 Å². The van der Waals surface area contributed by atoms with Gasteiger partial charge in [0, 0.05) is 11.6 Å². The summed E-state index contributed by atoms with van der Waals surface area (Å²) in [6.45, 7) is 0. The van der Waals surface area contributed by atoms with Gasteiger partial charge in [-0.05, 0) is 12.1 Å². The van der Waals surface area contributed by atoms with Crippen LogP contribution in [-0.4, -0.2) is 30.9 Å². The molecule has 0 amide bonds.